The molecule has 0 saturated carbocycles. The molecule has 29 heavy (non-hydrogen) atoms. The minimum atomic E-state index is -0.571. The Bertz CT molecular complexity index is 1050. The van der Waals surface area contributed by atoms with Gasteiger partial charge in [0.2, 0.25) is 5.91 Å². The Labute approximate surface area is 173 Å². The van der Waals surface area contributed by atoms with E-state index in [9.17, 15) is 14.0 Å². The highest BCUT2D eigenvalue weighted by atomic mass is 32.2. The number of carbonyl (C=O) groups excluding carboxylic acids is 2. The smallest absolute Gasteiger partial charge is 0.258 e. The van der Waals surface area contributed by atoms with E-state index < -0.39 is 11.7 Å². The average molecular weight is 408 g/mol. The first kappa shape index (κ1) is 20.6. The molecule has 3 rings (SSSR count). The van der Waals surface area contributed by atoms with Gasteiger partial charge in [0, 0.05) is 16.3 Å². The van der Waals surface area contributed by atoms with Gasteiger partial charge in [0.05, 0.1) is 11.3 Å². The second-order valence-corrected chi connectivity index (χ2v) is 7.67. The first-order valence-corrected chi connectivity index (χ1v) is 10.1. The Kier molecular flexibility index (Phi) is 6.67. The number of anilines is 2. The third kappa shape index (κ3) is 5.68. The predicted octanol–water partition coefficient (Wildman–Crippen LogP) is 5.43. The van der Waals surface area contributed by atoms with Crippen LogP contribution < -0.4 is 10.6 Å². The van der Waals surface area contributed by atoms with Gasteiger partial charge in [-0.2, -0.15) is 0 Å². The van der Waals surface area contributed by atoms with Crippen molar-refractivity contribution in [3.63, 3.8) is 0 Å². The first-order chi connectivity index (χ1) is 13.9. The monoisotopic (exact) mass is 408 g/mol. The fourth-order valence-corrected chi connectivity index (χ4v) is 3.55. The number of thioether (sulfide) groups is 1. The molecule has 0 radical (unpaired) electrons. The van der Waals surface area contributed by atoms with Crippen molar-refractivity contribution in [3.8, 4) is 0 Å². The predicted molar refractivity (Wildman–Crippen MR) is 116 cm³/mol. The lowest BCUT2D eigenvalue weighted by Gasteiger charge is -2.10. The Hall–Kier alpha value is -3.12. The van der Waals surface area contributed by atoms with Crippen LogP contribution >= 0.6 is 11.8 Å². The lowest BCUT2D eigenvalue weighted by atomic mass is 10.1. The number of carbonyl (C=O) groups is 2. The van der Waals surface area contributed by atoms with Crippen LogP contribution in [0.15, 0.2) is 71.6 Å². The van der Waals surface area contributed by atoms with Crippen molar-refractivity contribution < 1.29 is 14.0 Å². The summed E-state index contributed by atoms with van der Waals surface area (Å²) in [5, 5.41) is 5.60. The van der Waals surface area contributed by atoms with Crippen molar-refractivity contribution in [1.29, 1.82) is 0 Å². The van der Waals surface area contributed by atoms with Gasteiger partial charge in [0.1, 0.15) is 5.82 Å². The van der Waals surface area contributed by atoms with E-state index in [1.807, 2.05) is 38.1 Å². The summed E-state index contributed by atoms with van der Waals surface area (Å²) in [6, 6.07) is 18.8. The van der Waals surface area contributed by atoms with Gasteiger partial charge >= 0.3 is 0 Å². The highest BCUT2D eigenvalue weighted by molar-refractivity contribution is 8.00. The highest BCUT2D eigenvalue weighted by Gasteiger charge is 2.11. The first-order valence-electron chi connectivity index (χ1n) is 9.08. The maximum Gasteiger partial charge on any atom is 0.258 e. The van der Waals surface area contributed by atoms with Crippen molar-refractivity contribution in [2.45, 2.75) is 18.7 Å². The molecule has 4 nitrogen and oxygen atoms in total. The summed E-state index contributed by atoms with van der Waals surface area (Å²) in [4.78, 5) is 25.3. The zero-order chi connectivity index (χ0) is 20.8. The number of benzene rings is 3. The quantitative estimate of drug-likeness (QED) is 0.535. The van der Waals surface area contributed by atoms with Crippen molar-refractivity contribution in [2.24, 2.45) is 0 Å². The second-order valence-electron chi connectivity index (χ2n) is 6.62. The third-order valence-electron chi connectivity index (χ3n) is 4.24. The number of hydrogen-bond acceptors (Lipinski definition) is 3. The Morgan fingerprint density at radius 1 is 0.931 bits per heavy atom. The molecule has 0 heterocycles. The van der Waals surface area contributed by atoms with Crippen LogP contribution in [-0.2, 0) is 4.79 Å². The van der Waals surface area contributed by atoms with E-state index in [2.05, 4.69) is 10.6 Å². The molecule has 2 N–H and O–H groups in total. The molecule has 0 fully saturated rings. The zero-order valence-corrected chi connectivity index (χ0v) is 17.0. The maximum atomic E-state index is 13.8. The average Bonchev–Trinajstić information content (AvgIpc) is 2.69. The fourth-order valence-electron chi connectivity index (χ4n) is 2.80. The van der Waals surface area contributed by atoms with Gasteiger partial charge < -0.3 is 10.6 Å². The van der Waals surface area contributed by atoms with Gasteiger partial charge in [0.25, 0.3) is 5.91 Å². The Morgan fingerprint density at radius 2 is 1.72 bits per heavy atom. The molecule has 0 atom stereocenters. The summed E-state index contributed by atoms with van der Waals surface area (Å²) in [6.07, 6.45) is 0. The minimum absolute atomic E-state index is 0.0154. The largest absolute Gasteiger partial charge is 0.325 e. The van der Waals surface area contributed by atoms with Crippen LogP contribution in [0.2, 0.25) is 0 Å². The number of aryl methyl sites for hydroxylation is 2. The van der Waals surface area contributed by atoms with Crippen molar-refractivity contribution >= 4 is 35.0 Å². The molecule has 0 unspecified atom stereocenters. The number of rotatable bonds is 6. The molecule has 0 aromatic heterocycles. The second kappa shape index (κ2) is 9.39. The van der Waals surface area contributed by atoms with Gasteiger partial charge in [-0.05, 0) is 55.8 Å². The fraction of sp³-hybridized carbons (Fsp3) is 0.130. The van der Waals surface area contributed by atoms with Crippen molar-refractivity contribution in [1.82, 2.24) is 0 Å². The Morgan fingerprint density at radius 3 is 2.48 bits per heavy atom. The van der Waals surface area contributed by atoms with E-state index in [1.54, 1.807) is 24.3 Å². The van der Waals surface area contributed by atoms with Crippen LogP contribution in [0.25, 0.3) is 0 Å². The molecule has 0 aliphatic rings. The number of amides is 2. The molecular formula is C23H21FN2O2S. The molecule has 3 aromatic rings. The van der Waals surface area contributed by atoms with Gasteiger partial charge in [-0.1, -0.05) is 35.9 Å². The zero-order valence-electron chi connectivity index (χ0n) is 16.2. The molecule has 0 aliphatic carbocycles. The minimum Gasteiger partial charge on any atom is -0.325 e. The third-order valence-corrected chi connectivity index (χ3v) is 5.23. The summed E-state index contributed by atoms with van der Waals surface area (Å²) in [5.74, 6) is -0.961. The van der Waals surface area contributed by atoms with Crippen LogP contribution in [0.3, 0.4) is 0 Å². The van der Waals surface area contributed by atoms with E-state index in [0.717, 1.165) is 21.7 Å². The van der Waals surface area contributed by atoms with Gasteiger partial charge in [-0.3, -0.25) is 9.59 Å². The summed E-state index contributed by atoms with van der Waals surface area (Å²) < 4.78 is 13.8. The van der Waals surface area contributed by atoms with E-state index in [0.29, 0.717) is 5.69 Å². The lowest BCUT2D eigenvalue weighted by Crippen LogP contribution is -2.15. The standard InChI is InChI=1S/C23H21FN2O2S/c1-15-10-11-21(16(2)12-15)26-22(27)14-29-18-7-5-6-17(13-18)25-23(28)19-8-3-4-9-20(19)24/h3-13H,14H2,1-2H3,(H,25,28)(H,26,27). The van der Waals surface area contributed by atoms with Crippen LogP contribution in [0.1, 0.15) is 21.5 Å². The molecule has 3 aromatic carbocycles. The van der Waals surface area contributed by atoms with Crippen LogP contribution in [0, 0.1) is 19.7 Å². The van der Waals surface area contributed by atoms with Crippen LogP contribution in [0.5, 0.6) is 0 Å². The molecule has 148 valence electrons. The molecular weight excluding hydrogens is 387 g/mol. The molecule has 0 bridgehead atoms. The molecule has 0 saturated heterocycles. The van der Waals surface area contributed by atoms with Crippen molar-refractivity contribution in [2.75, 3.05) is 16.4 Å². The number of halogens is 1. The van der Waals surface area contributed by atoms with Crippen LogP contribution in [-0.4, -0.2) is 17.6 Å². The molecule has 2 amide bonds. The van der Waals surface area contributed by atoms with E-state index in [-0.39, 0.29) is 17.2 Å². The lowest BCUT2D eigenvalue weighted by molar-refractivity contribution is -0.113. The summed E-state index contributed by atoms with van der Waals surface area (Å²) in [7, 11) is 0. The SMILES string of the molecule is Cc1ccc(NC(=O)CSc2cccc(NC(=O)c3ccccc3F)c2)c(C)c1. The van der Waals surface area contributed by atoms with E-state index in [1.165, 1.54) is 30.0 Å². The normalized spacial score (nSPS) is 10.4. The van der Waals surface area contributed by atoms with Crippen molar-refractivity contribution in [3.05, 3.63) is 89.2 Å². The van der Waals surface area contributed by atoms with E-state index >= 15 is 0 Å². The van der Waals surface area contributed by atoms with Gasteiger partial charge in [-0.25, -0.2) is 4.39 Å². The molecule has 6 heteroatoms. The summed E-state index contributed by atoms with van der Waals surface area (Å²) >= 11 is 1.36. The number of hydrogen-bond donors (Lipinski definition) is 2. The summed E-state index contributed by atoms with van der Waals surface area (Å²) in [5.41, 5.74) is 3.48. The highest BCUT2D eigenvalue weighted by Crippen LogP contribution is 2.23. The van der Waals surface area contributed by atoms with Crippen LogP contribution in [0.4, 0.5) is 15.8 Å². The molecule has 0 spiro atoms. The van der Waals surface area contributed by atoms with Gasteiger partial charge in [-0.15, -0.1) is 11.8 Å². The summed E-state index contributed by atoms with van der Waals surface area (Å²) in [6.45, 7) is 3.96. The molecule has 0 aliphatic heterocycles. The van der Waals surface area contributed by atoms with Gasteiger partial charge in [0.15, 0.2) is 0 Å². The van der Waals surface area contributed by atoms with E-state index in [4.69, 9.17) is 0 Å². The topological polar surface area (TPSA) is 58.2 Å². The Balaban J connectivity index is 1.59. The number of nitrogens with one attached hydrogen (secondary N) is 2. The maximum absolute atomic E-state index is 13.8.